The fourth-order valence-electron chi connectivity index (χ4n) is 1.68. The van der Waals surface area contributed by atoms with Crippen LogP contribution in [0.5, 0.6) is 5.75 Å². The van der Waals surface area contributed by atoms with E-state index >= 15 is 0 Å². The summed E-state index contributed by atoms with van der Waals surface area (Å²) in [7, 11) is 0. The van der Waals surface area contributed by atoms with Crippen molar-refractivity contribution in [3.63, 3.8) is 0 Å². The van der Waals surface area contributed by atoms with Crippen LogP contribution in [0.3, 0.4) is 0 Å². The molecule has 1 amide bonds. The van der Waals surface area contributed by atoms with Gasteiger partial charge in [0.1, 0.15) is 5.75 Å². The average Bonchev–Trinajstić information content (AvgIpc) is 2.36. The number of benzene rings is 1. The SMILES string of the molecule is Cc1cccc(C(=O)NCC(C)CCC(=O)O)c1O. The Morgan fingerprint density at radius 3 is 2.68 bits per heavy atom. The highest BCUT2D eigenvalue weighted by Gasteiger charge is 2.13. The molecular formula is C14H19NO4. The molecule has 1 atom stereocenters. The van der Waals surface area contributed by atoms with Crippen molar-refractivity contribution >= 4 is 11.9 Å². The van der Waals surface area contributed by atoms with Gasteiger partial charge in [0, 0.05) is 13.0 Å². The first-order chi connectivity index (χ1) is 8.91. The van der Waals surface area contributed by atoms with Crippen LogP contribution in [0.1, 0.15) is 35.7 Å². The van der Waals surface area contributed by atoms with E-state index < -0.39 is 5.97 Å². The van der Waals surface area contributed by atoms with Crippen molar-refractivity contribution in [1.29, 1.82) is 0 Å². The number of hydrogen-bond acceptors (Lipinski definition) is 3. The molecule has 1 rings (SSSR count). The number of carbonyl (C=O) groups is 2. The first-order valence-electron chi connectivity index (χ1n) is 6.20. The number of rotatable bonds is 6. The van der Waals surface area contributed by atoms with E-state index in [0.29, 0.717) is 18.5 Å². The van der Waals surface area contributed by atoms with Crippen molar-refractivity contribution in [2.75, 3.05) is 6.54 Å². The molecule has 0 aliphatic carbocycles. The van der Waals surface area contributed by atoms with Crippen molar-refractivity contribution in [1.82, 2.24) is 5.32 Å². The Morgan fingerprint density at radius 1 is 1.37 bits per heavy atom. The topological polar surface area (TPSA) is 86.6 Å². The third-order valence-electron chi connectivity index (χ3n) is 2.94. The number of carboxylic acid groups (broad SMARTS) is 1. The molecule has 0 bridgehead atoms. The monoisotopic (exact) mass is 265 g/mol. The minimum atomic E-state index is -0.838. The van der Waals surface area contributed by atoms with E-state index in [0.717, 1.165) is 0 Å². The molecule has 1 unspecified atom stereocenters. The predicted molar refractivity (Wildman–Crippen MR) is 71.2 cm³/mol. The number of aliphatic carboxylic acids is 1. The molecule has 1 aromatic rings. The summed E-state index contributed by atoms with van der Waals surface area (Å²) in [4.78, 5) is 22.3. The van der Waals surface area contributed by atoms with Crippen molar-refractivity contribution in [3.8, 4) is 5.75 Å². The summed E-state index contributed by atoms with van der Waals surface area (Å²) < 4.78 is 0. The Kier molecular flexibility index (Phi) is 5.36. The number of hydrogen-bond donors (Lipinski definition) is 3. The molecule has 104 valence electrons. The van der Waals surface area contributed by atoms with Crippen molar-refractivity contribution < 1.29 is 19.8 Å². The second kappa shape index (κ2) is 6.78. The van der Waals surface area contributed by atoms with Crippen LogP contribution in [-0.4, -0.2) is 28.6 Å². The Bertz CT molecular complexity index is 471. The number of carboxylic acids is 1. The molecule has 0 radical (unpaired) electrons. The molecule has 1 aromatic carbocycles. The van der Waals surface area contributed by atoms with E-state index in [1.807, 2.05) is 6.92 Å². The van der Waals surface area contributed by atoms with Gasteiger partial charge in [-0.25, -0.2) is 0 Å². The number of carbonyl (C=O) groups excluding carboxylic acids is 1. The molecule has 0 aliphatic rings. The molecule has 0 saturated carbocycles. The van der Waals surface area contributed by atoms with Crippen LogP contribution in [0.25, 0.3) is 0 Å². The molecule has 5 nitrogen and oxygen atoms in total. The first kappa shape index (κ1) is 15.0. The quantitative estimate of drug-likeness (QED) is 0.733. The molecule has 0 fully saturated rings. The van der Waals surface area contributed by atoms with Gasteiger partial charge < -0.3 is 15.5 Å². The second-order valence-corrected chi connectivity index (χ2v) is 4.72. The standard InChI is InChI=1S/C14H19NO4/c1-9(6-7-12(16)17)8-15-14(19)11-5-3-4-10(2)13(11)18/h3-5,9,18H,6-8H2,1-2H3,(H,15,19)(H,16,17). The average molecular weight is 265 g/mol. The molecule has 0 heterocycles. The van der Waals surface area contributed by atoms with Gasteiger partial charge in [-0.2, -0.15) is 0 Å². The van der Waals surface area contributed by atoms with Crippen molar-refractivity contribution in [2.45, 2.75) is 26.7 Å². The largest absolute Gasteiger partial charge is 0.507 e. The van der Waals surface area contributed by atoms with Gasteiger partial charge in [0.25, 0.3) is 5.91 Å². The zero-order valence-corrected chi connectivity index (χ0v) is 11.1. The Morgan fingerprint density at radius 2 is 2.05 bits per heavy atom. The van der Waals surface area contributed by atoms with Gasteiger partial charge in [-0.15, -0.1) is 0 Å². The van der Waals surface area contributed by atoms with Crippen LogP contribution in [-0.2, 0) is 4.79 Å². The summed E-state index contributed by atoms with van der Waals surface area (Å²) in [5.74, 6) is -1.12. The third-order valence-corrected chi connectivity index (χ3v) is 2.94. The molecular weight excluding hydrogens is 246 g/mol. The smallest absolute Gasteiger partial charge is 0.303 e. The summed E-state index contributed by atoms with van der Waals surface area (Å²) in [6, 6.07) is 4.99. The molecule has 19 heavy (non-hydrogen) atoms. The number of phenols is 1. The zero-order valence-electron chi connectivity index (χ0n) is 11.1. The number of aryl methyl sites for hydroxylation is 1. The minimum absolute atomic E-state index is 0.0156. The Hall–Kier alpha value is -2.04. The van der Waals surface area contributed by atoms with Gasteiger partial charge >= 0.3 is 5.97 Å². The number of para-hydroxylation sites is 1. The van der Waals surface area contributed by atoms with Crippen LogP contribution >= 0.6 is 0 Å². The number of aromatic hydroxyl groups is 1. The van der Waals surface area contributed by atoms with E-state index in [4.69, 9.17) is 5.11 Å². The van der Waals surface area contributed by atoms with Crippen LogP contribution in [0.2, 0.25) is 0 Å². The highest BCUT2D eigenvalue weighted by Crippen LogP contribution is 2.21. The number of nitrogens with one attached hydrogen (secondary N) is 1. The fraction of sp³-hybridized carbons (Fsp3) is 0.429. The van der Waals surface area contributed by atoms with Crippen molar-refractivity contribution in [2.24, 2.45) is 5.92 Å². The molecule has 0 aromatic heterocycles. The lowest BCUT2D eigenvalue weighted by Crippen LogP contribution is -2.28. The van der Waals surface area contributed by atoms with Crippen LogP contribution in [0, 0.1) is 12.8 Å². The van der Waals surface area contributed by atoms with E-state index in [2.05, 4.69) is 5.32 Å². The van der Waals surface area contributed by atoms with Crippen LogP contribution < -0.4 is 5.32 Å². The van der Waals surface area contributed by atoms with Gasteiger partial charge in [-0.05, 0) is 30.9 Å². The maximum Gasteiger partial charge on any atom is 0.303 e. The van der Waals surface area contributed by atoms with Gasteiger partial charge in [-0.1, -0.05) is 19.1 Å². The van der Waals surface area contributed by atoms with Crippen LogP contribution in [0.15, 0.2) is 18.2 Å². The molecule has 0 saturated heterocycles. The Balaban J connectivity index is 2.51. The van der Waals surface area contributed by atoms with Gasteiger partial charge in [0.15, 0.2) is 0 Å². The summed E-state index contributed by atoms with van der Waals surface area (Å²) in [5.41, 5.74) is 0.886. The summed E-state index contributed by atoms with van der Waals surface area (Å²) in [6.45, 7) is 3.99. The lowest BCUT2D eigenvalue weighted by atomic mass is 10.1. The Labute approximate surface area is 112 Å². The highest BCUT2D eigenvalue weighted by molar-refractivity contribution is 5.97. The normalized spacial score (nSPS) is 11.9. The van der Waals surface area contributed by atoms with Crippen molar-refractivity contribution in [3.05, 3.63) is 29.3 Å². The predicted octanol–water partition coefficient (Wildman–Crippen LogP) is 1.93. The molecule has 5 heteroatoms. The highest BCUT2D eigenvalue weighted by atomic mass is 16.4. The first-order valence-corrected chi connectivity index (χ1v) is 6.20. The van der Waals surface area contributed by atoms with Gasteiger partial charge in [0.2, 0.25) is 0 Å². The van der Waals surface area contributed by atoms with Gasteiger partial charge in [0.05, 0.1) is 5.56 Å². The third kappa shape index (κ3) is 4.62. The molecule has 3 N–H and O–H groups in total. The summed E-state index contributed by atoms with van der Waals surface area (Å²) >= 11 is 0. The van der Waals surface area contributed by atoms with E-state index in [-0.39, 0.29) is 29.6 Å². The van der Waals surface area contributed by atoms with E-state index in [1.54, 1.807) is 25.1 Å². The molecule has 0 aliphatic heterocycles. The maximum absolute atomic E-state index is 11.9. The lowest BCUT2D eigenvalue weighted by Gasteiger charge is -2.12. The summed E-state index contributed by atoms with van der Waals surface area (Å²) in [5, 5.41) is 21.0. The maximum atomic E-state index is 11.9. The number of phenolic OH excluding ortho intramolecular Hbond substituents is 1. The van der Waals surface area contributed by atoms with E-state index in [1.165, 1.54) is 0 Å². The summed E-state index contributed by atoms with van der Waals surface area (Å²) in [6.07, 6.45) is 0.599. The van der Waals surface area contributed by atoms with Crippen LogP contribution in [0.4, 0.5) is 0 Å². The van der Waals surface area contributed by atoms with Gasteiger partial charge in [-0.3, -0.25) is 9.59 Å². The zero-order chi connectivity index (χ0) is 14.4. The molecule has 0 spiro atoms. The second-order valence-electron chi connectivity index (χ2n) is 4.72. The van der Waals surface area contributed by atoms with E-state index in [9.17, 15) is 14.7 Å². The fourth-order valence-corrected chi connectivity index (χ4v) is 1.68. The number of amides is 1. The lowest BCUT2D eigenvalue weighted by molar-refractivity contribution is -0.137. The minimum Gasteiger partial charge on any atom is -0.507 e.